The molecule has 1 N–H and O–H groups in total. The molecular weight excluding hydrogens is 321 g/mol. The minimum atomic E-state index is -5.43. The van der Waals surface area contributed by atoms with Crippen LogP contribution < -0.4 is 0 Å². The Morgan fingerprint density at radius 1 is 1.29 bits per heavy atom. The fourth-order valence-corrected chi connectivity index (χ4v) is 2.36. The zero-order chi connectivity index (χ0) is 16.4. The molecule has 0 saturated heterocycles. The smallest absolute Gasteiger partial charge is 0.385 e. The van der Waals surface area contributed by atoms with E-state index in [9.17, 15) is 31.6 Å². The van der Waals surface area contributed by atoms with E-state index >= 15 is 0 Å². The second-order valence-corrected chi connectivity index (χ2v) is 6.30. The van der Waals surface area contributed by atoms with Crippen LogP contribution in [0, 0.1) is 11.6 Å². The largest absolute Gasteiger partial charge is 0.599 e. The molecule has 0 heterocycles. The van der Waals surface area contributed by atoms with E-state index in [0.29, 0.717) is 26.4 Å². The Balaban J connectivity index is 3.21. The maximum atomic E-state index is 13.7. The van der Waals surface area contributed by atoms with Crippen LogP contribution in [-0.2, 0) is 8.85 Å². The van der Waals surface area contributed by atoms with Gasteiger partial charge in [-0.15, -0.1) is 5.12 Å². The van der Waals surface area contributed by atoms with Gasteiger partial charge in [-0.05, 0) is 12.1 Å². The molecule has 0 radical (unpaired) electrons. The third kappa shape index (κ3) is 2.90. The molecule has 0 saturated carbocycles. The van der Waals surface area contributed by atoms with Gasteiger partial charge in [-0.2, -0.15) is 8.78 Å². The number of benzene rings is 1. The number of amides is 1. The van der Waals surface area contributed by atoms with Gasteiger partial charge in [-0.1, -0.05) is 10.5 Å². The van der Waals surface area contributed by atoms with Crippen molar-refractivity contribution in [3.63, 3.8) is 0 Å². The van der Waals surface area contributed by atoms with Crippen molar-refractivity contribution < 1.29 is 40.5 Å². The lowest BCUT2D eigenvalue weighted by atomic mass is 10.2. The van der Waals surface area contributed by atoms with Gasteiger partial charge in [0.15, 0.2) is 11.6 Å². The number of carbonyl (C=O) groups is 1. The van der Waals surface area contributed by atoms with E-state index in [2.05, 4.69) is 8.85 Å². The Bertz CT molecular complexity index is 540. The molecule has 0 aliphatic carbocycles. The molecule has 0 spiro atoms. The SMILES string of the molecule is CO[Si](O)(OC)C(F)(F)N(F)C(=O)c1cccc(F)c1F. The molecule has 0 fully saturated rings. The van der Waals surface area contributed by atoms with E-state index in [0.717, 1.165) is 6.07 Å². The van der Waals surface area contributed by atoms with Crippen LogP contribution in [0.3, 0.4) is 0 Å². The van der Waals surface area contributed by atoms with Gasteiger partial charge < -0.3 is 13.6 Å². The van der Waals surface area contributed by atoms with Crippen LogP contribution in [0.2, 0.25) is 0 Å². The monoisotopic (exact) mass is 331 g/mol. The third-order valence-electron chi connectivity index (χ3n) is 2.54. The molecule has 0 aromatic heterocycles. The minimum absolute atomic E-state index is 0.601. The predicted octanol–water partition coefficient (Wildman–Crippen LogP) is 1.65. The van der Waals surface area contributed by atoms with Crippen molar-refractivity contribution >= 4 is 14.7 Å². The van der Waals surface area contributed by atoms with Gasteiger partial charge in [-0.25, -0.2) is 8.78 Å². The second-order valence-electron chi connectivity index (χ2n) is 3.72. The lowest BCUT2D eigenvalue weighted by Gasteiger charge is -2.31. The number of nitrogens with zero attached hydrogens (tertiary/aromatic N) is 1. The van der Waals surface area contributed by atoms with Crippen molar-refractivity contribution in [2.75, 3.05) is 14.2 Å². The van der Waals surface area contributed by atoms with Crippen molar-refractivity contribution in [1.29, 1.82) is 0 Å². The van der Waals surface area contributed by atoms with E-state index in [-0.39, 0.29) is 0 Å². The first kappa shape index (κ1) is 17.5. The van der Waals surface area contributed by atoms with Crippen molar-refractivity contribution in [2.45, 2.75) is 5.67 Å². The van der Waals surface area contributed by atoms with Crippen LogP contribution in [0.25, 0.3) is 0 Å². The summed E-state index contributed by atoms with van der Waals surface area (Å²) in [5.41, 5.74) is -6.17. The Labute approximate surface area is 116 Å². The summed E-state index contributed by atoms with van der Waals surface area (Å²) in [4.78, 5) is 20.9. The van der Waals surface area contributed by atoms with Gasteiger partial charge in [0.25, 0.3) is 5.91 Å². The highest BCUT2D eigenvalue weighted by atomic mass is 28.4. The predicted molar refractivity (Wildman–Crippen MR) is 60.6 cm³/mol. The summed E-state index contributed by atoms with van der Waals surface area (Å²) in [5.74, 6) is -5.53. The van der Waals surface area contributed by atoms with E-state index < -0.39 is 42.7 Å². The van der Waals surface area contributed by atoms with E-state index in [1.54, 1.807) is 0 Å². The summed E-state index contributed by atoms with van der Waals surface area (Å²) >= 11 is 0. The fourth-order valence-electron chi connectivity index (χ4n) is 1.36. The van der Waals surface area contributed by atoms with Crippen molar-refractivity contribution in [3.05, 3.63) is 35.4 Å². The van der Waals surface area contributed by atoms with Crippen molar-refractivity contribution in [3.8, 4) is 0 Å². The molecule has 118 valence electrons. The molecule has 1 aromatic rings. The number of carbonyl (C=O) groups excluding carboxylic acids is 1. The highest BCUT2D eigenvalue weighted by Gasteiger charge is 2.68. The van der Waals surface area contributed by atoms with Gasteiger partial charge >= 0.3 is 14.5 Å². The lowest BCUT2D eigenvalue weighted by Crippen LogP contribution is -2.65. The molecule has 0 atom stereocenters. The number of alkyl halides is 2. The van der Waals surface area contributed by atoms with Crippen molar-refractivity contribution in [2.24, 2.45) is 0 Å². The first-order chi connectivity index (χ1) is 9.62. The molecule has 0 aliphatic rings. The zero-order valence-electron chi connectivity index (χ0n) is 10.7. The molecule has 0 bridgehead atoms. The van der Waals surface area contributed by atoms with E-state index in [1.165, 1.54) is 0 Å². The quantitative estimate of drug-likeness (QED) is 0.386. The summed E-state index contributed by atoms with van der Waals surface area (Å²) in [6, 6.07) is 2.04. The van der Waals surface area contributed by atoms with Crippen LogP contribution in [0.15, 0.2) is 18.2 Å². The first-order valence-electron chi connectivity index (χ1n) is 5.27. The zero-order valence-corrected chi connectivity index (χ0v) is 11.7. The van der Waals surface area contributed by atoms with E-state index in [4.69, 9.17) is 0 Å². The molecule has 11 heteroatoms. The molecule has 5 nitrogen and oxygen atoms in total. The number of rotatable bonds is 5. The van der Waals surface area contributed by atoms with Crippen molar-refractivity contribution in [1.82, 2.24) is 5.12 Å². The van der Waals surface area contributed by atoms with Gasteiger partial charge in [0.2, 0.25) is 0 Å². The topological polar surface area (TPSA) is 59.0 Å². The summed E-state index contributed by atoms with van der Waals surface area (Å²) < 4.78 is 75.3. The third-order valence-corrected chi connectivity index (χ3v) is 4.60. The molecule has 0 aliphatic heterocycles. The summed E-state index contributed by atoms with van der Waals surface area (Å²) in [6.07, 6.45) is 0. The molecule has 1 aromatic carbocycles. The fraction of sp³-hybridized carbons (Fsp3) is 0.300. The average molecular weight is 331 g/mol. The number of hydrogen-bond acceptors (Lipinski definition) is 4. The highest BCUT2D eigenvalue weighted by Crippen LogP contribution is 2.32. The van der Waals surface area contributed by atoms with Gasteiger partial charge in [0, 0.05) is 14.2 Å². The highest BCUT2D eigenvalue weighted by molar-refractivity contribution is 6.62. The average Bonchev–Trinajstić information content (AvgIpc) is 2.47. The normalized spacial score (nSPS) is 12.4. The van der Waals surface area contributed by atoms with Gasteiger partial charge in [0.05, 0.1) is 5.56 Å². The Kier molecular flexibility index (Phi) is 5.04. The lowest BCUT2D eigenvalue weighted by molar-refractivity contribution is -0.187. The summed E-state index contributed by atoms with van der Waals surface area (Å²) in [7, 11) is -4.20. The van der Waals surface area contributed by atoms with Crippen LogP contribution >= 0.6 is 0 Å². The maximum Gasteiger partial charge on any atom is 0.599 e. The molecule has 1 amide bonds. The molecule has 0 unspecified atom stereocenters. The summed E-state index contributed by atoms with van der Waals surface area (Å²) in [6.45, 7) is 0. The Morgan fingerprint density at radius 3 is 2.29 bits per heavy atom. The second kappa shape index (κ2) is 6.05. The molecular formula is C10H10F5NO4Si. The van der Waals surface area contributed by atoms with Crippen LogP contribution in [0.5, 0.6) is 0 Å². The minimum Gasteiger partial charge on any atom is -0.385 e. The molecule has 1 rings (SSSR count). The maximum absolute atomic E-state index is 13.7. The number of hydrogen-bond donors (Lipinski definition) is 1. The first-order valence-corrected chi connectivity index (χ1v) is 7.03. The van der Waals surface area contributed by atoms with Crippen LogP contribution in [0.4, 0.5) is 22.0 Å². The van der Waals surface area contributed by atoms with Gasteiger partial charge in [-0.3, -0.25) is 4.79 Å². The van der Waals surface area contributed by atoms with Gasteiger partial charge in [0.1, 0.15) is 0 Å². The standard InChI is InChI=1S/C10H10F5NO4Si/c1-19-21(18,20-2)10(13,14)16(15)9(17)6-4-3-5-7(11)8(6)12/h3-5,18H,1-2H3. The summed E-state index contributed by atoms with van der Waals surface area (Å²) in [5, 5.41) is -1.75. The molecule has 21 heavy (non-hydrogen) atoms. The Hall–Kier alpha value is -1.56. The van der Waals surface area contributed by atoms with E-state index in [1.807, 2.05) is 0 Å². The number of halogens is 5. The van der Waals surface area contributed by atoms with Crippen LogP contribution in [-0.4, -0.2) is 44.5 Å². The Morgan fingerprint density at radius 2 is 1.81 bits per heavy atom. The van der Waals surface area contributed by atoms with Crippen LogP contribution in [0.1, 0.15) is 10.4 Å².